The minimum absolute atomic E-state index is 0.931. The minimum atomic E-state index is 0.931. The first kappa shape index (κ1) is 15.8. The third-order valence-electron chi connectivity index (χ3n) is 3.00. The maximum absolute atomic E-state index is 7.43. The number of hydrogen-bond donors (Lipinski definition) is 0. The van der Waals surface area contributed by atoms with E-state index in [0.29, 0.717) is 0 Å². The third kappa shape index (κ3) is 6.85. The van der Waals surface area contributed by atoms with Gasteiger partial charge in [0, 0.05) is 20.0 Å². The second-order valence-corrected chi connectivity index (χ2v) is 4.30. The highest BCUT2D eigenvalue weighted by Crippen LogP contribution is 2.20. The highest BCUT2D eigenvalue weighted by Gasteiger charge is 2.30. The minimum Gasteiger partial charge on any atom is -0.422 e. The van der Waals surface area contributed by atoms with Crippen LogP contribution in [0.5, 0.6) is 0 Å². The molecule has 0 N–H and O–H groups in total. The van der Waals surface area contributed by atoms with Gasteiger partial charge in [-0.2, -0.15) is 5.26 Å². The van der Waals surface area contributed by atoms with Crippen LogP contribution < -0.4 is 0 Å². The summed E-state index contributed by atoms with van der Waals surface area (Å²) in [5, 5.41) is 14.9. The predicted octanol–water partition coefficient (Wildman–Crippen LogP) is 2.21. The van der Waals surface area contributed by atoms with Crippen LogP contribution in [0, 0.1) is 11.5 Å². The van der Waals surface area contributed by atoms with E-state index >= 15 is 0 Å². The van der Waals surface area contributed by atoms with E-state index < -0.39 is 0 Å². The van der Waals surface area contributed by atoms with Crippen LogP contribution in [-0.2, 0) is 4.74 Å². The Kier molecular flexibility index (Phi) is 9.27. The molecule has 0 saturated carbocycles. The Balaban J connectivity index is 0.000000437. The Labute approximate surface area is 104 Å². The van der Waals surface area contributed by atoms with Crippen molar-refractivity contribution in [2.24, 2.45) is 4.99 Å². The van der Waals surface area contributed by atoms with Crippen molar-refractivity contribution < 1.29 is 9.22 Å². The summed E-state index contributed by atoms with van der Waals surface area (Å²) in [6.45, 7) is 7.20. The molecule has 0 atom stereocenters. The first-order chi connectivity index (χ1) is 8.24. The molecule has 0 aliphatic carbocycles. The highest BCUT2D eigenvalue weighted by atomic mass is 16.5. The van der Waals surface area contributed by atoms with Crippen molar-refractivity contribution in [2.45, 2.75) is 32.6 Å². The molecule has 5 nitrogen and oxygen atoms in total. The molecule has 96 valence electrons. The molecule has 1 saturated heterocycles. The van der Waals surface area contributed by atoms with Gasteiger partial charge in [-0.1, -0.05) is 13.3 Å². The van der Waals surface area contributed by atoms with Gasteiger partial charge < -0.3 is 19.6 Å². The van der Waals surface area contributed by atoms with Crippen LogP contribution in [0.3, 0.4) is 0 Å². The molecule has 1 aliphatic rings. The van der Waals surface area contributed by atoms with E-state index in [2.05, 4.69) is 11.9 Å². The van der Waals surface area contributed by atoms with Gasteiger partial charge in [-0.3, -0.25) is 0 Å². The van der Waals surface area contributed by atoms with Crippen LogP contribution in [0.25, 0.3) is 5.41 Å². The summed E-state index contributed by atoms with van der Waals surface area (Å²) in [4.78, 5) is 2.58. The van der Waals surface area contributed by atoms with Gasteiger partial charge in [0.05, 0.1) is 25.8 Å². The Morgan fingerprint density at radius 2 is 2.06 bits per heavy atom. The molecule has 0 bridgehead atoms. The van der Waals surface area contributed by atoms with Crippen molar-refractivity contribution >= 4 is 6.01 Å². The fourth-order valence-corrected chi connectivity index (χ4v) is 2.21. The first-order valence-electron chi connectivity index (χ1n) is 6.06. The summed E-state index contributed by atoms with van der Waals surface area (Å²) in [7, 11) is 1.82. The maximum atomic E-state index is 7.43. The summed E-state index contributed by atoms with van der Waals surface area (Å²) >= 11 is 0. The lowest BCUT2D eigenvalue weighted by Crippen LogP contribution is -2.47. The quantitative estimate of drug-likeness (QED) is 0.418. The fourth-order valence-electron chi connectivity index (χ4n) is 2.21. The molecular formula is C12H22N4O. The smallest absolute Gasteiger partial charge is 0.182 e. The van der Waals surface area contributed by atoms with Crippen molar-refractivity contribution in [3.8, 4) is 6.19 Å². The van der Waals surface area contributed by atoms with Gasteiger partial charge in [0.15, 0.2) is 6.73 Å². The molecule has 17 heavy (non-hydrogen) atoms. The van der Waals surface area contributed by atoms with Crippen molar-refractivity contribution in [2.75, 3.05) is 33.5 Å². The molecule has 1 aliphatic heterocycles. The Bertz CT molecular complexity index is 273. The number of nitrogens with zero attached hydrogens (tertiary/aromatic N) is 4. The van der Waals surface area contributed by atoms with E-state index in [1.54, 1.807) is 0 Å². The van der Waals surface area contributed by atoms with E-state index in [-0.39, 0.29) is 0 Å². The van der Waals surface area contributed by atoms with Crippen LogP contribution in [0.4, 0.5) is 0 Å². The molecule has 5 heteroatoms. The van der Waals surface area contributed by atoms with Crippen LogP contribution in [0.1, 0.15) is 32.6 Å². The predicted molar refractivity (Wildman–Crippen MR) is 67.3 cm³/mol. The number of nitriles is 1. The molecule has 0 aromatic heterocycles. The molecule has 0 unspecified atom stereocenters. The summed E-state index contributed by atoms with van der Waals surface area (Å²) in [6.07, 6.45) is 6.73. The fraction of sp³-hybridized carbons (Fsp3) is 0.833. The number of ether oxygens (including phenoxy) is 1. The molecule has 1 heterocycles. The number of hydrogen-bond acceptors (Lipinski definition) is 3. The van der Waals surface area contributed by atoms with Gasteiger partial charge in [-0.05, 0) is 6.42 Å². The SMILES string of the molecule is CCCC[N+]1(COC)CCCC1.N#CN=C=[N-]. The van der Waals surface area contributed by atoms with E-state index in [1.165, 1.54) is 62.0 Å². The zero-order valence-corrected chi connectivity index (χ0v) is 10.9. The Morgan fingerprint density at radius 3 is 2.41 bits per heavy atom. The lowest BCUT2D eigenvalue weighted by Gasteiger charge is -2.33. The van der Waals surface area contributed by atoms with E-state index in [9.17, 15) is 0 Å². The molecule has 0 radical (unpaired) electrons. The molecule has 1 fully saturated rings. The first-order valence-corrected chi connectivity index (χ1v) is 6.06. The van der Waals surface area contributed by atoms with Gasteiger partial charge in [0.25, 0.3) is 0 Å². The van der Waals surface area contributed by atoms with Gasteiger partial charge in [-0.15, -0.1) is 6.01 Å². The zero-order chi connectivity index (χ0) is 13.0. The van der Waals surface area contributed by atoms with Crippen LogP contribution in [-0.4, -0.2) is 44.0 Å². The topological polar surface area (TPSA) is 67.7 Å². The van der Waals surface area contributed by atoms with Crippen molar-refractivity contribution in [1.82, 2.24) is 0 Å². The third-order valence-corrected chi connectivity index (χ3v) is 3.00. The number of quaternary nitrogens is 1. The van der Waals surface area contributed by atoms with Gasteiger partial charge >= 0.3 is 0 Å². The van der Waals surface area contributed by atoms with Crippen molar-refractivity contribution in [3.63, 3.8) is 0 Å². The second kappa shape index (κ2) is 9.98. The van der Waals surface area contributed by atoms with Crippen LogP contribution in [0.2, 0.25) is 0 Å². The monoisotopic (exact) mass is 238 g/mol. The van der Waals surface area contributed by atoms with Crippen molar-refractivity contribution in [3.05, 3.63) is 5.41 Å². The van der Waals surface area contributed by atoms with E-state index in [1.807, 2.05) is 7.11 Å². The zero-order valence-electron chi connectivity index (χ0n) is 10.9. The molecule has 0 aromatic carbocycles. The summed E-state index contributed by atoms with van der Waals surface area (Å²) in [5.41, 5.74) is 0. The Morgan fingerprint density at radius 1 is 1.41 bits per heavy atom. The number of rotatable bonds is 5. The highest BCUT2D eigenvalue weighted by molar-refractivity contribution is 5.46. The van der Waals surface area contributed by atoms with Gasteiger partial charge in [-0.25, -0.2) is 0 Å². The van der Waals surface area contributed by atoms with Gasteiger partial charge in [0.1, 0.15) is 0 Å². The standard InChI is InChI=1S/C10H22NO.C2N3/c1-3-4-7-11(10-12-2)8-5-6-9-11;3-1-5-2-4/h3-10H2,1-2H3;/q+1;-1. The molecule has 0 aromatic rings. The van der Waals surface area contributed by atoms with E-state index in [4.69, 9.17) is 15.4 Å². The number of unbranched alkanes of at least 4 members (excludes halogenated alkanes) is 1. The van der Waals surface area contributed by atoms with E-state index in [0.717, 1.165) is 6.73 Å². The second-order valence-electron chi connectivity index (χ2n) is 4.30. The molecular weight excluding hydrogens is 216 g/mol. The Hall–Kier alpha value is -1.21. The van der Waals surface area contributed by atoms with Crippen LogP contribution >= 0.6 is 0 Å². The summed E-state index contributed by atoms with van der Waals surface area (Å²) in [5.74, 6) is 0. The number of likely N-dealkylation sites (tertiary alicyclic amines) is 1. The molecule has 1 rings (SSSR count). The van der Waals surface area contributed by atoms with Crippen molar-refractivity contribution in [1.29, 1.82) is 5.26 Å². The van der Waals surface area contributed by atoms with Gasteiger partial charge in [0.2, 0.25) is 0 Å². The number of methoxy groups -OCH3 is 1. The number of aliphatic imine (C=N–C) groups is 1. The summed E-state index contributed by atoms with van der Waals surface area (Å²) < 4.78 is 6.52. The summed E-state index contributed by atoms with van der Waals surface area (Å²) in [6, 6.07) is 1.28. The lowest BCUT2D eigenvalue weighted by molar-refractivity contribution is -0.934. The molecule has 0 amide bonds. The molecule has 0 spiro atoms. The maximum Gasteiger partial charge on any atom is 0.182 e. The van der Waals surface area contributed by atoms with Crippen LogP contribution in [0.15, 0.2) is 4.99 Å². The lowest BCUT2D eigenvalue weighted by atomic mass is 10.3. The average Bonchev–Trinajstić information content (AvgIpc) is 2.78. The average molecular weight is 238 g/mol. The largest absolute Gasteiger partial charge is 0.422 e. The normalized spacial score (nSPS) is 16.3.